The summed E-state index contributed by atoms with van der Waals surface area (Å²) >= 11 is 4.91. The molecular formula is C9H6BrFS. The molecule has 0 aliphatic heterocycles. The Labute approximate surface area is 82.2 Å². The van der Waals surface area contributed by atoms with E-state index in [0.29, 0.717) is 5.39 Å². The molecule has 0 atom stereocenters. The van der Waals surface area contributed by atoms with Gasteiger partial charge in [0.25, 0.3) is 0 Å². The second kappa shape index (κ2) is 2.82. The highest BCUT2D eigenvalue weighted by molar-refractivity contribution is 9.11. The monoisotopic (exact) mass is 244 g/mol. The van der Waals surface area contributed by atoms with Gasteiger partial charge in [-0.25, -0.2) is 4.39 Å². The van der Waals surface area contributed by atoms with Crippen molar-refractivity contribution in [2.24, 2.45) is 0 Å². The first-order chi connectivity index (χ1) is 5.68. The van der Waals surface area contributed by atoms with Crippen LogP contribution in [-0.2, 0) is 0 Å². The van der Waals surface area contributed by atoms with Crippen molar-refractivity contribution >= 4 is 37.4 Å². The molecule has 0 saturated heterocycles. The molecule has 1 aromatic heterocycles. The summed E-state index contributed by atoms with van der Waals surface area (Å²) < 4.78 is 15.2. The zero-order valence-corrected chi connectivity index (χ0v) is 8.80. The van der Waals surface area contributed by atoms with Crippen LogP contribution in [-0.4, -0.2) is 0 Å². The van der Waals surface area contributed by atoms with Gasteiger partial charge in [0.05, 0.1) is 3.79 Å². The summed E-state index contributed by atoms with van der Waals surface area (Å²) in [6.07, 6.45) is 0. The van der Waals surface area contributed by atoms with Crippen molar-refractivity contribution in [2.45, 2.75) is 6.92 Å². The Balaban J connectivity index is 2.93. The highest BCUT2D eigenvalue weighted by atomic mass is 79.9. The summed E-state index contributed by atoms with van der Waals surface area (Å²) in [5, 5.41) is 0.715. The van der Waals surface area contributed by atoms with Gasteiger partial charge in [0.15, 0.2) is 0 Å². The highest BCUT2D eigenvalue weighted by Gasteiger charge is 2.06. The minimum atomic E-state index is -0.141. The molecule has 0 fully saturated rings. The molecule has 0 saturated carbocycles. The maximum absolute atomic E-state index is 13.2. The number of halogens is 2. The lowest BCUT2D eigenvalue weighted by Gasteiger charge is -1.94. The van der Waals surface area contributed by atoms with Crippen molar-refractivity contribution in [1.29, 1.82) is 0 Å². The van der Waals surface area contributed by atoms with Gasteiger partial charge in [-0.05, 0) is 40.5 Å². The molecule has 0 amide bonds. The third-order valence-electron chi connectivity index (χ3n) is 1.80. The van der Waals surface area contributed by atoms with Crippen molar-refractivity contribution in [3.63, 3.8) is 0 Å². The molecule has 0 nitrogen and oxygen atoms in total. The quantitative estimate of drug-likeness (QED) is 0.655. The van der Waals surface area contributed by atoms with Gasteiger partial charge in [-0.15, -0.1) is 11.3 Å². The molecule has 2 rings (SSSR count). The first-order valence-corrected chi connectivity index (χ1v) is 5.13. The molecule has 2 aromatic rings. The number of hydrogen-bond acceptors (Lipinski definition) is 1. The topological polar surface area (TPSA) is 0 Å². The Morgan fingerprint density at radius 2 is 2.17 bits per heavy atom. The van der Waals surface area contributed by atoms with E-state index < -0.39 is 0 Å². The van der Waals surface area contributed by atoms with Crippen molar-refractivity contribution in [1.82, 2.24) is 0 Å². The first kappa shape index (κ1) is 8.20. The van der Waals surface area contributed by atoms with E-state index in [4.69, 9.17) is 0 Å². The van der Waals surface area contributed by atoms with Crippen LogP contribution in [0.2, 0.25) is 0 Å². The van der Waals surface area contributed by atoms with Crippen LogP contribution in [0.1, 0.15) is 5.56 Å². The van der Waals surface area contributed by atoms with Crippen LogP contribution < -0.4 is 0 Å². The minimum Gasteiger partial charge on any atom is -0.206 e. The Bertz CT molecular complexity index is 394. The molecular weight excluding hydrogens is 239 g/mol. The lowest BCUT2D eigenvalue weighted by Crippen LogP contribution is -1.76. The summed E-state index contributed by atoms with van der Waals surface area (Å²) in [6.45, 7) is 1.99. The van der Waals surface area contributed by atoms with Gasteiger partial charge in [-0.1, -0.05) is 6.07 Å². The molecule has 62 valence electrons. The molecule has 0 unspecified atom stereocenters. The predicted molar refractivity (Wildman–Crippen MR) is 54.2 cm³/mol. The van der Waals surface area contributed by atoms with Gasteiger partial charge < -0.3 is 0 Å². The SMILES string of the molecule is Cc1ccc(F)c2cc(Br)sc12. The number of fused-ring (bicyclic) bond motifs is 1. The van der Waals surface area contributed by atoms with Crippen LogP contribution in [0.3, 0.4) is 0 Å². The molecule has 0 aliphatic rings. The van der Waals surface area contributed by atoms with E-state index in [-0.39, 0.29) is 5.82 Å². The zero-order chi connectivity index (χ0) is 8.72. The van der Waals surface area contributed by atoms with E-state index in [1.54, 1.807) is 17.4 Å². The normalized spacial score (nSPS) is 10.9. The zero-order valence-electron chi connectivity index (χ0n) is 6.40. The molecule has 0 spiro atoms. The third-order valence-corrected chi connectivity index (χ3v) is 3.57. The standard InChI is InChI=1S/C9H6BrFS/c1-5-2-3-7(11)6-4-8(10)12-9(5)6/h2-4H,1H3. The van der Waals surface area contributed by atoms with E-state index in [1.165, 1.54) is 6.07 Å². The van der Waals surface area contributed by atoms with Gasteiger partial charge in [-0.3, -0.25) is 0 Å². The first-order valence-electron chi connectivity index (χ1n) is 3.52. The molecule has 1 heterocycles. The Morgan fingerprint density at radius 3 is 2.83 bits per heavy atom. The second-order valence-corrected chi connectivity index (χ2v) is 5.09. The fourth-order valence-electron chi connectivity index (χ4n) is 1.19. The molecule has 3 heteroatoms. The average Bonchev–Trinajstić information content (AvgIpc) is 2.41. The van der Waals surface area contributed by atoms with Gasteiger partial charge >= 0.3 is 0 Å². The predicted octanol–water partition coefficient (Wildman–Crippen LogP) is 4.11. The molecule has 0 bridgehead atoms. The smallest absolute Gasteiger partial charge is 0.131 e. The maximum Gasteiger partial charge on any atom is 0.131 e. The van der Waals surface area contributed by atoms with E-state index >= 15 is 0 Å². The lowest BCUT2D eigenvalue weighted by atomic mass is 10.2. The van der Waals surface area contributed by atoms with Crippen molar-refractivity contribution in [3.8, 4) is 0 Å². The van der Waals surface area contributed by atoms with E-state index in [0.717, 1.165) is 14.0 Å². The fourth-order valence-corrected chi connectivity index (χ4v) is 2.78. The Morgan fingerprint density at radius 1 is 1.42 bits per heavy atom. The van der Waals surface area contributed by atoms with Crippen LogP contribution in [0, 0.1) is 12.7 Å². The van der Waals surface area contributed by atoms with Gasteiger partial charge in [0, 0.05) is 10.1 Å². The van der Waals surface area contributed by atoms with Crippen molar-refractivity contribution < 1.29 is 4.39 Å². The third kappa shape index (κ3) is 1.17. The fraction of sp³-hybridized carbons (Fsp3) is 0.111. The second-order valence-electron chi connectivity index (χ2n) is 2.66. The summed E-state index contributed by atoms with van der Waals surface area (Å²) in [5.74, 6) is -0.141. The molecule has 1 aromatic carbocycles. The van der Waals surface area contributed by atoms with E-state index in [2.05, 4.69) is 15.9 Å². The van der Waals surface area contributed by atoms with Crippen LogP contribution >= 0.6 is 27.3 Å². The number of benzene rings is 1. The number of thiophene rings is 1. The summed E-state index contributed by atoms with van der Waals surface area (Å²) in [7, 11) is 0. The van der Waals surface area contributed by atoms with Crippen molar-refractivity contribution in [3.05, 3.63) is 33.4 Å². The Kier molecular flexibility index (Phi) is 1.93. The lowest BCUT2D eigenvalue weighted by molar-refractivity contribution is 0.640. The van der Waals surface area contributed by atoms with Gasteiger partial charge in [-0.2, -0.15) is 0 Å². The molecule has 0 aliphatic carbocycles. The van der Waals surface area contributed by atoms with Crippen LogP contribution in [0.15, 0.2) is 22.0 Å². The molecule has 0 N–H and O–H groups in total. The van der Waals surface area contributed by atoms with E-state index in [9.17, 15) is 4.39 Å². The average molecular weight is 245 g/mol. The summed E-state index contributed by atoms with van der Waals surface area (Å²) in [5.41, 5.74) is 1.13. The van der Waals surface area contributed by atoms with Gasteiger partial charge in [0.2, 0.25) is 0 Å². The Hall–Kier alpha value is -0.410. The summed E-state index contributed by atoms with van der Waals surface area (Å²) in [6, 6.07) is 5.14. The molecule has 12 heavy (non-hydrogen) atoms. The maximum atomic E-state index is 13.2. The molecule has 0 radical (unpaired) electrons. The van der Waals surface area contributed by atoms with Crippen LogP contribution in [0.25, 0.3) is 10.1 Å². The minimum absolute atomic E-state index is 0.141. The number of hydrogen-bond donors (Lipinski definition) is 0. The number of aryl methyl sites for hydroxylation is 1. The van der Waals surface area contributed by atoms with Crippen LogP contribution in [0.5, 0.6) is 0 Å². The van der Waals surface area contributed by atoms with E-state index in [1.807, 2.05) is 13.0 Å². The van der Waals surface area contributed by atoms with Gasteiger partial charge in [0.1, 0.15) is 5.82 Å². The van der Waals surface area contributed by atoms with Crippen molar-refractivity contribution in [2.75, 3.05) is 0 Å². The number of rotatable bonds is 0. The van der Waals surface area contributed by atoms with Crippen LogP contribution in [0.4, 0.5) is 4.39 Å². The highest BCUT2D eigenvalue weighted by Crippen LogP contribution is 2.33. The summed E-state index contributed by atoms with van der Waals surface area (Å²) in [4.78, 5) is 0. The largest absolute Gasteiger partial charge is 0.206 e.